The highest BCUT2D eigenvalue weighted by molar-refractivity contribution is 7.19. The van der Waals surface area contributed by atoms with Crippen LogP contribution in [0.5, 0.6) is 0 Å². The van der Waals surface area contributed by atoms with E-state index in [1.165, 1.54) is 9.58 Å². The minimum absolute atomic E-state index is 0.899. The summed E-state index contributed by atoms with van der Waals surface area (Å²) in [7, 11) is 0. The smallest absolute Gasteiger partial charge is 0.142 e. The van der Waals surface area contributed by atoms with E-state index in [0.29, 0.717) is 0 Å². The zero-order valence-corrected chi connectivity index (χ0v) is 15.0. The average molecular weight is 344 g/mol. The lowest BCUT2D eigenvalue weighted by molar-refractivity contribution is 0.127. The SMILES string of the molecule is CCc1sc2ccccc2c1C(O)(c1ccccc1)c1ccccc1. The van der Waals surface area contributed by atoms with Crippen LogP contribution >= 0.6 is 11.3 Å². The van der Waals surface area contributed by atoms with Crippen LogP contribution in [0.25, 0.3) is 10.1 Å². The zero-order valence-electron chi connectivity index (χ0n) is 14.1. The van der Waals surface area contributed by atoms with Crippen molar-refractivity contribution in [3.8, 4) is 0 Å². The molecule has 0 fully saturated rings. The van der Waals surface area contributed by atoms with Gasteiger partial charge in [-0.1, -0.05) is 85.8 Å². The Balaban J connectivity index is 2.10. The summed E-state index contributed by atoms with van der Waals surface area (Å²) in [6, 6.07) is 28.4. The molecule has 1 nitrogen and oxygen atoms in total. The Labute approximate surface area is 152 Å². The third kappa shape index (κ3) is 2.58. The molecule has 0 atom stereocenters. The van der Waals surface area contributed by atoms with Crippen LogP contribution in [0, 0.1) is 0 Å². The van der Waals surface area contributed by atoms with Gasteiger partial charge in [0.15, 0.2) is 0 Å². The zero-order chi connectivity index (χ0) is 17.3. The number of aryl methyl sites for hydroxylation is 1. The van der Waals surface area contributed by atoms with Gasteiger partial charge in [0.1, 0.15) is 5.60 Å². The second-order valence-corrected chi connectivity index (χ2v) is 7.33. The summed E-state index contributed by atoms with van der Waals surface area (Å²) in [5.41, 5.74) is 1.67. The maximum atomic E-state index is 12.1. The molecule has 124 valence electrons. The molecule has 2 heteroatoms. The predicted molar refractivity (Wildman–Crippen MR) is 106 cm³/mol. The van der Waals surface area contributed by atoms with Crippen molar-refractivity contribution in [3.05, 3.63) is 106 Å². The number of aliphatic hydroxyl groups is 1. The minimum Gasteiger partial charge on any atom is -0.376 e. The highest BCUT2D eigenvalue weighted by atomic mass is 32.1. The van der Waals surface area contributed by atoms with Crippen LogP contribution < -0.4 is 0 Å². The van der Waals surface area contributed by atoms with Crippen LogP contribution in [-0.2, 0) is 12.0 Å². The van der Waals surface area contributed by atoms with Crippen molar-refractivity contribution in [2.24, 2.45) is 0 Å². The first-order chi connectivity index (χ1) is 12.2. The second-order valence-electron chi connectivity index (χ2n) is 6.19. The summed E-state index contributed by atoms with van der Waals surface area (Å²) in [4.78, 5) is 1.23. The lowest BCUT2D eigenvalue weighted by Gasteiger charge is -2.31. The molecule has 0 aliphatic heterocycles. The Bertz CT molecular complexity index is 947. The molecule has 3 aromatic carbocycles. The molecule has 0 bridgehead atoms. The number of rotatable bonds is 4. The van der Waals surface area contributed by atoms with Crippen LogP contribution in [0.4, 0.5) is 0 Å². The van der Waals surface area contributed by atoms with Gasteiger partial charge >= 0.3 is 0 Å². The van der Waals surface area contributed by atoms with Crippen LogP contribution in [0.1, 0.15) is 28.5 Å². The van der Waals surface area contributed by atoms with Crippen LogP contribution in [0.3, 0.4) is 0 Å². The molecule has 0 saturated heterocycles. The average Bonchev–Trinajstić information content (AvgIpc) is 3.08. The van der Waals surface area contributed by atoms with Crippen molar-refractivity contribution in [2.45, 2.75) is 18.9 Å². The third-order valence-corrected chi connectivity index (χ3v) is 6.05. The van der Waals surface area contributed by atoms with Gasteiger partial charge in [-0.25, -0.2) is 0 Å². The summed E-state index contributed by atoms with van der Waals surface area (Å²) in [6.07, 6.45) is 0.899. The summed E-state index contributed by atoms with van der Waals surface area (Å²) in [5, 5.41) is 13.3. The van der Waals surface area contributed by atoms with Gasteiger partial charge in [0.25, 0.3) is 0 Å². The Morgan fingerprint density at radius 3 is 1.84 bits per heavy atom. The lowest BCUT2D eigenvalue weighted by atomic mass is 9.79. The summed E-state index contributed by atoms with van der Waals surface area (Å²) in [6.45, 7) is 2.16. The fourth-order valence-electron chi connectivity index (χ4n) is 3.56. The Hall–Kier alpha value is -2.42. The molecule has 0 amide bonds. The number of hydrogen-bond acceptors (Lipinski definition) is 2. The van der Waals surface area contributed by atoms with Crippen molar-refractivity contribution in [2.75, 3.05) is 0 Å². The van der Waals surface area contributed by atoms with Gasteiger partial charge in [0.05, 0.1) is 0 Å². The molecule has 1 N–H and O–H groups in total. The molecule has 4 rings (SSSR count). The topological polar surface area (TPSA) is 20.2 Å². The molecule has 0 saturated carbocycles. The molecule has 1 aromatic heterocycles. The largest absolute Gasteiger partial charge is 0.376 e. The van der Waals surface area contributed by atoms with Gasteiger partial charge < -0.3 is 5.11 Å². The fraction of sp³-hybridized carbons (Fsp3) is 0.130. The lowest BCUT2D eigenvalue weighted by Crippen LogP contribution is -2.29. The van der Waals surface area contributed by atoms with Crippen LogP contribution in [0.15, 0.2) is 84.9 Å². The van der Waals surface area contributed by atoms with E-state index < -0.39 is 5.60 Å². The van der Waals surface area contributed by atoms with E-state index >= 15 is 0 Å². The Morgan fingerprint density at radius 2 is 1.28 bits per heavy atom. The number of thiophene rings is 1. The molecule has 0 aliphatic carbocycles. The van der Waals surface area contributed by atoms with Crippen molar-refractivity contribution in [1.82, 2.24) is 0 Å². The molecule has 0 unspecified atom stereocenters. The van der Waals surface area contributed by atoms with Gasteiger partial charge in [-0.2, -0.15) is 0 Å². The first-order valence-corrected chi connectivity index (χ1v) is 9.41. The molecular formula is C23H20OS. The summed E-state index contributed by atoms with van der Waals surface area (Å²) >= 11 is 1.78. The fourth-order valence-corrected chi connectivity index (χ4v) is 4.75. The van der Waals surface area contributed by atoms with Crippen LogP contribution in [0.2, 0.25) is 0 Å². The third-order valence-electron chi connectivity index (χ3n) is 4.73. The Morgan fingerprint density at radius 1 is 0.760 bits per heavy atom. The highest BCUT2D eigenvalue weighted by Gasteiger charge is 2.37. The quantitative estimate of drug-likeness (QED) is 0.500. The first-order valence-electron chi connectivity index (χ1n) is 8.59. The Kier molecular flexibility index (Phi) is 4.16. The monoisotopic (exact) mass is 344 g/mol. The first kappa shape index (κ1) is 16.1. The van der Waals surface area contributed by atoms with Crippen molar-refractivity contribution < 1.29 is 5.11 Å². The summed E-state index contributed by atoms with van der Waals surface area (Å²) in [5.74, 6) is 0. The standard InChI is InChI=1S/C23H20OS/c1-2-20-22(19-15-9-10-16-21(19)25-20)23(24,17-11-5-3-6-12-17)18-13-7-4-8-14-18/h3-16,24H,2H2,1H3. The van der Waals surface area contributed by atoms with Gasteiger partial charge in [-0.3, -0.25) is 0 Å². The van der Waals surface area contributed by atoms with E-state index in [2.05, 4.69) is 31.2 Å². The number of benzene rings is 3. The van der Waals surface area contributed by atoms with E-state index in [-0.39, 0.29) is 0 Å². The van der Waals surface area contributed by atoms with Crippen molar-refractivity contribution in [3.63, 3.8) is 0 Å². The van der Waals surface area contributed by atoms with E-state index in [4.69, 9.17) is 0 Å². The molecule has 1 heterocycles. The number of fused-ring (bicyclic) bond motifs is 1. The summed E-state index contributed by atoms with van der Waals surface area (Å²) < 4.78 is 1.22. The van der Waals surface area contributed by atoms with Gasteiger partial charge in [-0.05, 0) is 29.0 Å². The van der Waals surface area contributed by atoms with E-state index in [0.717, 1.165) is 28.5 Å². The maximum Gasteiger partial charge on any atom is 0.142 e. The predicted octanol–water partition coefficient (Wildman–Crippen LogP) is 5.75. The second kappa shape index (κ2) is 6.47. The number of hydrogen-bond donors (Lipinski definition) is 1. The van der Waals surface area contributed by atoms with Crippen LogP contribution in [-0.4, -0.2) is 5.11 Å². The van der Waals surface area contributed by atoms with Gasteiger partial charge in [-0.15, -0.1) is 11.3 Å². The minimum atomic E-state index is -1.16. The molecular weight excluding hydrogens is 324 g/mol. The molecule has 25 heavy (non-hydrogen) atoms. The highest BCUT2D eigenvalue weighted by Crippen LogP contribution is 2.45. The van der Waals surface area contributed by atoms with Crippen molar-refractivity contribution >= 4 is 21.4 Å². The maximum absolute atomic E-state index is 12.1. The van der Waals surface area contributed by atoms with E-state index in [1.54, 1.807) is 11.3 Å². The molecule has 0 aliphatic rings. The molecule has 0 spiro atoms. The molecule has 4 aromatic rings. The normalized spacial score (nSPS) is 11.8. The van der Waals surface area contributed by atoms with Gasteiger partial charge in [0, 0.05) is 15.1 Å². The van der Waals surface area contributed by atoms with Crippen molar-refractivity contribution in [1.29, 1.82) is 0 Å². The molecule has 0 radical (unpaired) electrons. The van der Waals surface area contributed by atoms with E-state index in [9.17, 15) is 5.11 Å². The van der Waals surface area contributed by atoms with Gasteiger partial charge in [0.2, 0.25) is 0 Å². The van der Waals surface area contributed by atoms with E-state index in [1.807, 2.05) is 60.7 Å².